The number of hydrogen-bond donors (Lipinski definition) is 0. The van der Waals surface area contributed by atoms with Gasteiger partial charge in [-0.2, -0.15) is 0 Å². The van der Waals surface area contributed by atoms with E-state index in [1.54, 1.807) is 25.3 Å². The molecule has 3 heterocycles. The van der Waals surface area contributed by atoms with Gasteiger partial charge in [0.15, 0.2) is 5.43 Å². The molecule has 1 unspecified atom stereocenters. The topological polar surface area (TPSA) is 94.8 Å². The standard InChI is InChI=1S/C24H21N3O5S/c1-4-18-25-26-24(33-18)27-20(13-7-6-8-14(11-13)30-3)19-21(28)16-10-9-15(31-5-2)12-17(16)32-22(19)23(27)29/h6-12,20H,4-5H2,1-3H3. The molecule has 0 fully saturated rings. The third kappa shape index (κ3) is 3.45. The molecule has 0 radical (unpaired) electrons. The van der Waals surface area contributed by atoms with E-state index in [0.717, 1.165) is 5.01 Å². The van der Waals surface area contributed by atoms with Crippen molar-refractivity contribution in [2.45, 2.75) is 26.3 Å². The van der Waals surface area contributed by atoms with Crippen molar-refractivity contribution in [2.75, 3.05) is 18.6 Å². The van der Waals surface area contributed by atoms with Crippen LogP contribution in [0.3, 0.4) is 0 Å². The summed E-state index contributed by atoms with van der Waals surface area (Å²) in [5, 5.41) is 10.00. The van der Waals surface area contributed by atoms with Gasteiger partial charge in [0.1, 0.15) is 22.1 Å². The molecular formula is C24H21N3O5S. The number of hydrogen-bond acceptors (Lipinski definition) is 8. The van der Waals surface area contributed by atoms with Crippen LogP contribution in [-0.4, -0.2) is 29.8 Å². The summed E-state index contributed by atoms with van der Waals surface area (Å²) in [6.45, 7) is 4.32. The molecule has 1 aliphatic rings. The van der Waals surface area contributed by atoms with Crippen molar-refractivity contribution >= 4 is 33.3 Å². The van der Waals surface area contributed by atoms with Gasteiger partial charge in [-0.25, -0.2) is 0 Å². The van der Waals surface area contributed by atoms with E-state index in [0.29, 0.717) is 46.2 Å². The van der Waals surface area contributed by atoms with Crippen LogP contribution in [0.4, 0.5) is 5.13 Å². The summed E-state index contributed by atoms with van der Waals surface area (Å²) in [4.78, 5) is 28.8. The third-order valence-electron chi connectivity index (χ3n) is 5.53. The Labute approximate surface area is 193 Å². The maximum absolute atomic E-state index is 13.7. The average Bonchev–Trinajstić information content (AvgIpc) is 3.42. The first-order chi connectivity index (χ1) is 16.0. The molecule has 1 atom stereocenters. The molecule has 0 saturated carbocycles. The van der Waals surface area contributed by atoms with Crippen molar-refractivity contribution in [3.05, 3.63) is 74.6 Å². The van der Waals surface area contributed by atoms with E-state index in [1.165, 1.54) is 16.2 Å². The number of aromatic nitrogens is 2. The summed E-state index contributed by atoms with van der Waals surface area (Å²) in [6.07, 6.45) is 0.692. The number of methoxy groups -OCH3 is 1. The van der Waals surface area contributed by atoms with E-state index in [2.05, 4.69) is 10.2 Å². The summed E-state index contributed by atoms with van der Waals surface area (Å²) in [6, 6.07) is 11.6. The van der Waals surface area contributed by atoms with Crippen LogP contribution in [0.15, 0.2) is 51.7 Å². The van der Waals surface area contributed by atoms with E-state index in [-0.39, 0.29) is 16.8 Å². The van der Waals surface area contributed by atoms with Crippen LogP contribution in [0.25, 0.3) is 11.0 Å². The lowest BCUT2D eigenvalue weighted by molar-refractivity contribution is 0.0970. The van der Waals surface area contributed by atoms with Gasteiger partial charge < -0.3 is 13.9 Å². The van der Waals surface area contributed by atoms with Crippen LogP contribution in [0.1, 0.15) is 46.6 Å². The second-order valence-electron chi connectivity index (χ2n) is 7.45. The van der Waals surface area contributed by atoms with E-state index in [1.807, 2.05) is 38.1 Å². The highest BCUT2D eigenvalue weighted by atomic mass is 32.1. The summed E-state index contributed by atoms with van der Waals surface area (Å²) in [5.74, 6) is 0.752. The van der Waals surface area contributed by atoms with Gasteiger partial charge in [0, 0.05) is 6.07 Å². The van der Waals surface area contributed by atoms with Crippen molar-refractivity contribution in [3.63, 3.8) is 0 Å². The van der Waals surface area contributed by atoms with Crippen LogP contribution >= 0.6 is 11.3 Å². The zero-order valence-corrected chi connectivity index (χ0v) is 19.1. The van der Waals surface area contributed by atoms with Crippen LogP contribution in [0.5, 0.6) is 11.5 Å². The molecule has 1 aliphatic heterocycles. The SMILES string of the molecule is CCOc1ccc2c(=O)c3c(oc2c1)C(=O)N(c1nnc(CC)s1)C3c1cccc(OC)c1. The van der Waals surface area contributed by atoms with Gasteiger partial charge >= 0.3 is 0 Å². The number of amides is 1. The summed E-state index contributed by atoms with van der Waals surface area (Å²) in [7, 11) is 1.57. The largest absolute Gasteiger partial charge is 0.497 e. The Morgan fingerprint density at radius 2 is 1.94 bits per heavy atom. The van der Waals surface area contributed by atoms with Gasteiger partial charge in [0.2, 0.25) is 10.9 Å². The predicted octanol–water partition coefficient (Wildman–Crippen LogP) is 4.36. The molecular weight excluding hydrogens is 442 g/mol. The Morgan fingerprint density at radius 3 is 2.67 bits per heavy atom. The molecule has 0 saturated heterocycles. The quantitative estimate of drug-likeness (QED) is 0.419. The number of carbonyl (C=O) groups excluding carboxylic acids is 1. The van der Waals surface area contributed by atoms with Gasteiger partial charge in [0.25, 0.3) is 5.91 Å². The minimum atomic E-state index is -0.715. The molecule has 0 bridgehead atoms. The molecule has 0 spiro atoms. The number of benzene rings is 2. The second kappa shape index (κ2) is 8.32. The van der Waals surface area contributed by atoms with Crippen molar-refractivity contribution < 1.29 is 18.7 Å². The number of rotatable bonds is 6. The summed E-state index contributed by atoms with van der Waals surface area (Å²) >= 11 is 1.32. The number of ether oxygens (including phenoxy) is 2. The molecule has 0 N–H and O–H groups in total. The maximum Gasteiger partial charge on any atom is 0.297 e. The first kappa shape index (κ1) is 21.1. The Morgan fingerprint density at radius 1 is 1.09 bits per heavy atom. The summed E-state index contributed by atoms with van der Waals surface area (Å²) in [5.41, 5.74) is 1.03. The van der Waals surface area contributed by atoms with E-state index in [9.17, 15) is 9.59 Å². The zero-order valence-electron chi connectivity index (χ0n) is 18.3. The van der Waals surface area contributed by atoms with Gasteiger partial charge in [-0.3, -0.25) is 14.5 Å². The van der Waals surface area contributed by atoms with E-state index < -0.39 is 11.9 Å². The normalized spacial score (nSPS) is 15.2. The monoisotopic (exact) mass is 463 g/mol. The van der Waals surface area contributed by atoms with E-state index >= 15 is 0 Å². The van der Waals surface area contributed by atoms with Gasteiger partial charge in [0.05, 0.1) is 30.7 Å². The lowest BCUT2D eigenvalue weighted by Crippen LogP contribution is -2.29. The molecule has 4 aromatic rings. The Kier molecular flexibility index (Phi) is 5.33. The Balaban J connectivity index is 1.76. The smallest absolute Gasteiger partial charge is 0.297 e. The van der Waals surface area contributed by atoms with Crippen LogP contribution in [0.2, 0.25) is 0 Å². The molecule has 9 heteroatoms. The molecule has 0 aliphatic carbocycles. The maximum atomic E-state index is 13.7. The first-order valence-electron chi connectivity index (χ1n) is 10.6. The highest BCUT2D eigenvalue weighted by molar-refractivity contribution is 7.15. The molecule has 2 aromatic heterocycles. The highest BCUT2D eigenvalue weighted by Crippen LogP contribution is 2.43. The van der Waals surface area contributed by atoms with E-state index in [4.69, 9.17) is 13.9 Å². The molecule has 5 rings (SSSR count). The fourth-order valence-corrected chi connectivity index (χ4v) is 4.82. The Bertz CT molecular complexity index is 1430. The molecule has 168 valence electrons. The van der Waals surface area contributed by atoms with Crippen molar-refractivity contribution in [2.24, 2.45) is 0 Å². The number of anilines is 1. The number of fused-ring (bicyclic) bond motifs is 2. The second-order valence-corrected chi connectivity index (χ2v) is 8.49. The number of carbonyl (C=O) groups is 1. The zero-order chi connectivity index (χ0) is 23.1. The van der Waals surface area contributed by atoms with Crippen LogP contribution in [-0.2, 0) is 6.42 Å². The van der Waals surface area contributed by atoms with Crippen molar-refractivity contribution in [1.29, 1.82) is 0 Å². The Hall–Kier alpha value is -3.72. The minimum Gasteiger partial charge on any atom is -0.497 e. The lowest BCUT2D eigenvalue weighted by Gasteiger charge is -2.22. The lowest BCUT2D eigenvalue weighted by atomic mass is 9.98. The fraction of sp³-hybridized carbons (Fsp3) is 0.250. The summed E-state index contributed by atoms with van der Waals surface area (Å²) < 4.78 is 16.9. The third-order valence-corrected chi connectivity index (χ3v) is 6.60. The van der Waals surface area contributed by atoms with Crippen LogP contribution in [0, 0.1) is 0 Å². The molecule has 1 amide bonds. The predicted molar refractivity (Wildman–Crippen MR) is 125 cm³/mol. The first-order valence-corrected chi connectivity index (χ1v) is 11.4. The highest BCUT2D eigenvalue weighted by Gasteiger charge is 2.45. The van der Waals surface area contributed by atoms with Gasteiger partial charge in [-0.1, -0.05) is 30.4 Å². The van der Waals surface area contributed by atoms with Gasteiger partial charge in [-0.15, -0.1) is 10.2 Å². The van der Waals surface area contributed by atoms with Crippen molar-refractivity contribution in [3.8, 4) is 11.5 Å². The van der Waals surface area contributed by atoms with Crippen molar-refractivity contribution in [1.82, 2.24) is 10.2 Å². The molecule has 8 nitrogen and oxygen atoms in total. The molecule has 33 heavy (non-hydrogen) atoms. The minimum absolute atomic E-state index is 0.00205. The number of aryl methyl sites for hydroxylation is 1. The number of nitrogens with zero attached hydrogens (tertiary/aromatic N) is 3. The van der Waals surface area contributed by atoms with Gasteiger partial charge in [-0.05, 0) is 43.2 Å². The van der Waals surface area contributed by atoms with Crippen LogP contribution < -0.4 is 19.8 Å². The average molecular weight is 464 g/mol. The fourth-order valence-electron chi connectivity index (χ4n) is 4.02. The molecule has 2 aromatic carbocycles.